The molecule has 25 heavy (non-hydrogen) atoms. The average Bonchev–Trinajstić information content (AvgIpc) is 3.39. The molecule has 1 amide bonds. The van der Waals surface area contributed by atoms with Crippen LogP contribution in [0.25, 0.3) is 0 Å². The van der Waals surface area contributed by atoms with E-state index >= 15 is 0 Å². The molecule has 3 rings (SSSR count). The fourth-order valence-corrected chi connectivity index (χ4v) is 3.75. The Kier molecular flexibility index (Phi) is 6.10. The van der Waals surface area contributed by atoms with E-state index in [-0.39, 0.29) is 30.8 Å². The van der Waals surface area contributed by atoms with Gasteiger partial charge in [-0.05, 0) is 56.7 Å². The van der Waals surface area contributed by atoms with Gasteiger partial charge in [-0.25, -0.2) is 0 Å². The van der Waals surface area contributed by atoms with Gasteiger partial charge in [0.2, 0.25) is 0 Å². The summed E-state index contributed by atoms with van der Waals surface area (Å²) in [4.78, 5) is 14.8. The molecule has 138 valence electrons. The molecule has 2 fully saturated rings. The smallest absolute Gasteiger partial charge is 0.251 e. The Hall–Kier alpha value is -1.43. The molecule has 3 atom stereocenters. The summed E-state index contributed by atoms with van der Waals surface area (Å²) >= 11 is 0. The predicted molar refractivity (Wildman–Crippen MR) is 97.4 cm³/mol. The molecule has 1 saturated heterocycles. The van der Waals surface area contributed by atoms with Gasteiger partial charge in [-0.2, -0.15) is 0 Å². The molecule has 1 aliphatic heterocycles. The number of carbonyl (C=O) groups excluding carboxylic acids is 1. The minimum Gasteiger partial charge on any atom is -0.396 e. The van der Waals surface area contributed by atoms with E-state index in [1.54, 1.807) is 0 Å². The summed E-state index contributed by atoms with van der Waals surface area (Å²) in [6.07, 6.45) is 3.47. The first kappa shape index (κ1) is 18.4. The van der Waals surface area contributed by atoms with Gasteiger partial charge in [0, 0.05) is 37.8 Å². The summed E-state index contributed by atoms with van der Waals surface area (Å²) in [5.74, 6) is 0.506. The van der Waals surface area contributed by atoms with Crippen molar-refractivity contribution in [2.24, 2.45) is 5.92 Å². The first-order chi connectivity index (χ1) is 12.0. The zero-order valence-corrected chi connectivity index (χ0v) is 15.3. The number of ether oxygens (including phenoxy) is 1. The Labute approximate surface area is 150 Å². The van der Waals surface area contributed by atoms with Crippen LogP contribution in [0.3, 0.4) is 0 Å². The van der Waals surface area contributed by atoms with Gasteiger partial charge in [-0.15, -0.1) is 0 Å². The number of hydrogen-bond acceptors (Lipinski definition) is 4. The molecule has 1 aliphatic carbocycles. The first-order valence-electron chi connectivity index (χ1n) is 9.43. The molecule has 3 unspecified atom stereocenters. The lowest BCUT2D eigenvalue weighted by Gasteiger charge is -2.35. The molecule has 0 bridgehead atoms. The van der Waals surface area contributed by atoms with Crippen LogP contribution in [-0.2, 0) is 11.3 Å². The van der Waals surface area contributed by atoms with Gasteiger partial charge in [-0.1, -0.05) is 12.1 Å². The van der Waals surface area contributed by atoms with Gasteiger partial charge < -0.3 is 15.2 Å². The molecular weight excluding hydrogens is 316 g/mol. The fourth-order valence-electron chi connectivity index (χ4n) is 3.75. The Morgan fingerprint density at radius 3 is 2.44 bits per heavy atom. The highest BCUT2D eigenvalue weighted by Crippen LogP contribution is 2.34. The van der Waals surface area contributed by atoms with Gasteiger partial charge >= 0.3 is 0 Å². The van der Waals surface area contributed by atoms with Crippen LogP contribution in [0.2, 0.25) is 0 Å². The van der Waals surface area contributed by atoms with Gasteiger partial charge in [0.1, 0.15) is 0 Å². The number of morpholine rings is 1. The Morgan fingerprint density at radius 1 is 1.24 bits per heavy atom. The monoisotopic (exact) mass is 346 g/mol. The lowest BCUT2D eigenvalue weighted by molar-refractivity contribution is -0.0704. The van der Waals surface area contributed by atoms with Crippen molar-refractivity contribution in [3.05, 3.63) is 35.4 Å². The predicted octanol–water partition coefficient (Wildman–Crippen LogP) is 2.19. The highest BCUT2D eigenvalue weighted by molar-refractivity contribution is 5.94. The summed E-state index contributed by atoms with van der Waals surface area (Å²) in [5, 5.41) is 12.2. The van der Waals surface area contributed by atoms with Crippen LogP contribution >= 0.6 is 0 Å². The highest BCUT2D eigenvalue weighted by Gasteiger charge is 2.32. The maximum Gasteiger partial charge on any atom is 0.251 e. The zero-order valence-electron chi connectivity index (χ0n) is 15.3. The molecule has 2 N–H and O–H groups in total. The molecule has 0 spiro atoms. The highest BCUT2D eigenvalue weighted by atomic mass is 16.5. The molecular formula is C20H30N2O3. The van der Waals surface area contributed by atoms with Gasteiger partial charge in [0.15, 0.2) is 0 Å². The molecule has 2 aliphatic rings. The van der Waals surface area contributed by atoms with E-state index < -0.39 is 0 Å². The SMILES string of the molecule is CC1CN(Cc2ccc(C(=O)NC(CCO)C3CC3)cc2)CC(C)O1. The number of hydrogen-bond donors (Lipinski definition) is 2. The third kappa shape index (κ3) is 5.27. The van der Waals surface area contributed by atoms with Crippen LogP contribution in [0.5, 0.6) is 0 Å². The molecule has 1 aromatic carbocycles. The standard InChI is InChI=1S/C20H30N2O3/c1-14-11-22(12-15(2)25-14)13-16-3-5-18(6-4-16)20(24)21-19(9-10-23)17-7-8-17/h3-6,14-15,17,19,23H,7-13H2,1-2H3,(H,21,24). The van der Waals surface area contributed by atoms with Crippen molar-refractivity contribution in [3.63, 3.8) is 0 Å². The van der Waals surface area contributed by atoms with Crippen molar-refractivity contribution in [2.45, 2.75) is 57.9 Å². The quantitative estimate of drug-likeness (QED) is 0.794. The second-order valence-electron chi connectivity index (χ2n) is 7.58. The maximum atomic E-state index is 12.4. The number of carbonyl (C=O) groups is 1. The van der Waals surface area contributed by atoms with E-state index in [4.69, 9.17) is 9.84 Å². The number of nitrogens with one attached hydrogen (secondary N) is 1. The van der Waals surface area contributed by atoms with Crippen LogP contribution in [-0.4, -0.2) is 53.9 Å². The molecule has 5 heteroatoms. The Bertz CT molecular complexity index is 561. The first-order valence-corrected chi connectivity index (χ1v) is 9.43. The van der Waals surface area contributed by atoms with Gasteiger partial charge in [-0.3, -0.25) is 9.69 Å². The van der Waals surface area contributed by atoms with E-state index in [9.17, 15) is 4.79 Å². The van der Waals surface area contributed by atoms with Gasteiger partial charge in [0.05, 0.1) is 12.2 Å². The summed E-state index contributed by atoms with van der Waals surface area (Å²) in [7, 11) is 0. The number of aliphatic hydroxyl groups excluding tert-OH is 1. The van der Waals surface area contributed by atoms with E-state index in [2.05, 4.69) is 24.1 Å². The summed E-state index contributed by atoms with van der Waals surface area (Å²) < 4.78 is 5.77. The Balaban J connectivity index is 1.55. The van der Waals surface area contributed by atoms with Crippen molar-refractivity contribution in [1.29, 1.82) is 0 Å². The molecule has 1 aromatic rings. The van der Waals surface area contributed by atoms with Crippen molar-refractivity contribution >= 4 is 5.91 Å². The summed E-state index contributed by atoms with van der Waals surface area (Å²) in [5.41, 5.74) is 1.91. The van der Waals surface area contributed by atoms with Crippen molar-refractivity contribution < 1.29 is 14.6 Å². The van der Waals surface area contributed by atoms with Gasteiger partial charge in [0.25, 0.3) is 5.91 Å². The van der Waals surface area contributed by atoms with Crippen LogP contribution < -0.4 is 5.32 Å². The van der Waals surface area contributed by atoms with Crippen molar-refractivity contribution in [2.75, 3.05) is 19.7 Å². The average molecular weight is 346 g/mol. The summed E-state index contributed by atoms with van der Waals surface area (Å²) in [6, 6.07) is 7.99. The maximum absolute atomic E-state index is 12.4. The number of amides is 1. The number of aliphatic hydroxyl groups is 1. The summed E-state index contributed by atoms with van der Waals surface area (Å²) in [6.45, 7) is 7.11. The third-order valence-electron chi connectivity index (χ3n) is 5.07. The normalized spacial score (nSPS) is 25.6. The second kappa shape index (κ2) is 8.30. The van der Waals surface area contributed by atoms with Crippen LogP contribution in [0, 0.1) is 5.92 Å². The minimum absolute atomic E-state index is 0.0366. The van der Waals surface area contributed by atoms with Crippen LogP contribution in [0.4, 0.5) is 0 Å². The third-order valence-corrected chi connectivity index (χ3v) is 5.07. The molecule has 0 aromatic heterocycles. The van der Waals surface area contributed by atoms with E-state index in [0.717, 1.165) is 32.5 Å². The molecule has 1 saturated carbocycles. The number of benzene rings is 1. The molecule has 1 heterocycles. The minimum atomic E-state index is -0.0366. The van der Waals surface area contributed by atoms with Crippen LogP contribution in [0.15, 0.2) is 24.3 Å². The molecule has 5 nitrogen and oxygen atoms in total. The Morgan fingerprint density at radius 2 is 1.88 bits per heavy atom. The van der Waals surface area contributed by atoms with E-state index in [0.29, 0.717) is 17.9 Å². The zero-order chi connectivity index (χ0) is 17.8. The van der Waals surface area contributed by atoms with Crippen molar-refractivity contribution in [1.82, 2.24) is 10.2 Å². The lowest BCUT2D eigenvalue weighted by Crippen LogP contribution is -2.44. The number of rotatable bonds is 7. The fraction of sp³-hybridized carbons (Fsp3) is 0.650. The topological polar surface area (TPSA) is 61.8 Å². The molecule has 0 radical (unpaired) electrons. The lowest BCUT2D eigenvalue weighted by atomic mass is 10.1. The van der Waals surface area contributed by atoms with E-state index in [1.165, 1.54) is 5.56 Å². The number of nitrogens with zero attached hydrogens (tertiary/aromatic N) is 1. The largest absolute Gasteiger partial charge is 0.396 e. The van der Waals surface area contributed by atoms with Crippen molar-refractivity contribution in [3.8, 4) is 0 Å². The second-order valence-corrected chi connectivity index (χ2v) is 7.58. The van der Waals surface area contributed by atoms with Crippen LogP contribution in [0.1, 0.15) is 49.0 Å². The van der Waals surface area contributed by atoms with E-state index in [1.807, 2.05) is 24.3 Å².